The van der Waals surface area contributed by atoms with Gasteiger partial charge in [-0.05, 0) is 76.1 Å². The van der Waals surface area contributed by atoms with E-state index >= 15 is 0 Å². The number of hydrogen-bond acceptors (Lipinski definition) is 5. The van der Waals surface area contributed by atoms with Crippen molar-refractivity contribution in [3.05, 3.63) is 59.7 Å². The number of hydrogen-bond donors (Lipinski definition) is 0. The maximum Gasteiger partial charge on any atom is 0.254 e. The van der Waals surface area contributed by atoms with Crippen molar-refractivity contribution in [2.45, 2.75) is 52.8 Å². The molecule has 0 unspecified atom stereocenters. The van der Waals surface area contributed by atoms with Gasteiger partial charge < -0.3 is 14.5 Å². The van der Waals surface area contributed by atoms with Crippen LogP contribution in [0.25, 0.3) is 0 Å². The van der Waals surface area contributed by atoms with Crippen molar-refractivity contribution >= 4 is 21.4 Å². The molecular weight excluding hydrogens is 424 g/mol. The standard InChI is InChI=1S/C25H34N2O4S/c1-5-26(6-2)22-11-7-20(8-12-22)17-27(23-15-16-32(29,30)18-23)25(28)21-9-13-24(14-10-21)31-19(3)4/h7-14,19,23H,5-6,15-18H2,1-4H3/t23-/m0/s1. The highest BCUT2D eigenvalue weighted by atomic mass is 32.2. The van der Waals surface area contributed by atoms with Gasteiger partial charge in [0.05, 0.1) is 17.6 Å². The number of ether oxygens (including phenoxy) is 1. The highest BCUT2D eigenvalue weighted by Crippen LogP contribution is 2.24. The molecule has 0 bridgehead atoms. The third-order valence-electron chi connectivity index (χ3n) is 5.80. The molecule has 0 aromatic heterocycles. The largest absolute Gasteiger partial charge is 0.491 e. The monoisotopic (exact) mass is 458 g/mol. The molecule has 1 saturated heterocycles. The lowest BCUT2D eigenvalue weighted by Crippen LogP contribution is -2.40. The van der Waals surface area contributed by atoms with Gasteiger partial charge in [-0.1, -0.05) is 12.1 Å². The van der Waals surface area contributed by atoms with Crippen molar-refractivity contribution in [3.8, 4) is 5.75 Å². The maximum absolute atomic E-state index is 13.4. The molecule has 6 nitrogen and oxygen atoms in total. The predicted octanol–water partition coefficient (Wildman–Crippen LogP) is 4.15. The van der Waals surface area contributed by atoms with E-state index in [-0.39, 0.29) is 29.6 Å². The van der Waals surface area contributed by atoms with Crippen molar-refractivity contribution < 1.29 is 17.9 Å². The van der Waals surface area contributed by atoms with Gasteiger partial charge >= 0.3 is 0 Å². The zero-order valence-corrected chi connectivity index (χ0v) is 20.3. The van der Waals surface area contributed by atoms with Crippen LogP contribution in [0.2, 0.25) is 0 Å². The average Bonchev–Trinajstić information content (AvgIpc) is 3.13. The molecular formula is C25H34N2O4S. The van der Waals surface area contributed by atoms with E-state index < -0.39 is 9.84 Å². The molecule has 0 spiro atoms. The van der Waals surface area contributed by atoms with E-state index in [1.54, 1.807) is 29.2 Å². The molecule has 1 aliphatic heterocycles. The SMILES string of the molecule is CCN(CC)c1ccc(CN(C(=O)c2ccc(OC(C)C)cc2)[C@H]2CCS(=O)(=O)C2)cc1. The minimum atomic E-state index is -3.11. The summed E-state index contributed by atoms with van der Waals surface area (Å²) in [6, 6.07) is 14.9. The number of carbonyl (C=O) groups excluding carboxylic acids is 1. The van der Waals surface area contributed by atoms with Crippen LogP contribution >= 0.6 is 0 Å². The minimum absolute atomic E-state index is 0.0187. The second-order valence-electron chi connectivity index (χ2n) is 8.52. The summed E-state index contributed by atoms with van der Waals surface area (Å²) in [4.78, 5) is 17.4. The Kier molecular flexibility index (Phi) is 7.82. The Hall–Kier alpha value is -2.54. The highest BCUT2D eigenvalue weighted by molar-refractivity contribution is 7.91. The molecule has 2 aromatic rings. The summed E-state index contributed by atoms with van der Waals surface area (Å²) in [7, 11) is -3.11. The molecule has 1 amide bonds. The fourth-order valence-corrected chi connectivity index (χ4v) is 5.83. The fourth-order valence-electron chi connectivity index (χ4n) is 4.10. The average molecular weight is 459 g/mol. The van der Waals surface area contributed by atoms with Crippen molar-refractivity contribution in [2.24, 2.45) is 0 Å². The second-order valence-corrected chi connectivity index (χ2v) is 10.7. The summed E-state index contributed by atoms with van der Waals surface area (Å²) >= 11 is 0. The van der Waals surface area contributed by atoms with Crippen LogP contribution in [0.5, 0.6) is 5.75 Å². The minimum Gasteiger partial charge on any atom is -0.491 e. The van der Waals surface area contributed by atoms with E-state index in [0.29, 0.717) is 24.3 Å². The Morgan fingerprint density at radius 1 is 1.03 bits per heavy atom. The Labute approximate surface area is 192 Å². The topological polar surface area (TPSA) is 66.9 Å². The first kappa shape index (κ1) is 24.1. The van der Waals surface area contributed by atoms with Gasteiger partial charge in [0.2, 0.25) is 0 Å². The zero-order chi connectivity index (χ0) is 23.3. The smallest absolute Gasteiger partial charge is 0.254 e. The summed E-state index contributed by atoms with van der Waals surface area (Å²) in [6.07, 6.45) is 0.524. The number of anilines is 1. The predicted molar refractivity (Wildman–Crippen MR) is 129 cm³/mol. The van der Waals surface area contributed by atoms with Crippen molar-refractivity contribution in [1.29, 1.82) is 0 Å². The number of carbonyl (C=O) groups is 1. The molecule has 0 N–H and O–H groups in total. The summed E-state index contributed by atoms with van der Waals surface area (Å²) in [5.74, 6) is 0.698. The molecule has 32 heavy (non-hydrogen) atoms. The van der Waals surface area contributed by atoms with E-state index in [1.165, 1.54) is 0 Å². The third kappa shape index (κ3) is 6.03. The third-order valence-corrected chi connectivity index (χ3v) is 7.55. The van der Waals surface area contributed by atoms with Crippen LogP contribution in [0.15, 0.2) is 48.5 Å². The first-order valence-corrected chi connectivity index (χ1v) is 13.2. The van der Waals surface area contributed by atoms with E-state index in [4.69, 9.17) is 4.74 Å². The van der Waals surface area contributed by atoms with Crippen LogP contribution in [0.1, 0.15) is 50.0 Å². The molecule has 1 atom stereocenters. The van der Waals surface area contributed by atoms with Gasteiger partial charge in [-0.2, -0.15) is 0 Å². The second kappa shape index (κ2) is 10.4. The lowest BCUT2D eigenvalue weighted by atomic mass is 10.1. The summed E-state index contributed by atoms with van der Waals surface area (Å²) in [5.41, 5.74) is 2.66. The van der Waals surface area contributed by atoms with E-state index in [9.17, 15) is 13.2 Å². The van der Waals surface area contributed by atoms with Gasteiger partial charge in [0, 0.05) is 36.9 Å². The lowest BCUT2D eigenvalue weighted by molar-refractivity contribution is 0.0681. The Morgan fingerprint density at radius 3 is 2.16 bits per heavy atom. The highest BCUT2D eigenvalue weighted by Gasteiger charge is 2.35. The molecule has 2 aromatic carbocycles. The summed E-state index contributed by atoms with van der Waals surface area (Å²) in [5, 5.41) is 0. The molecule has 1 aliphatic rings. The summed E-state index contributed by atoms with van der Waals surface area (Å²) < 4.78 is 29.9. The molecule has 0 saturated carbocycles. The Bertz CT molecular complexity index is 997. The van der Waals surface area contributed by atoms with Crippen LogP contribution in [-0.2, 0) is 16.4 Å². The number of benzene rings is 2. The van der Waals surface area contributed by atoms with Gasteiger partial charge in [0.25, 0.3) is 5.91 Å². The Morgan fingerprint density at radius 2 is 1.66 bits per heavy atom. The molecule has 1 fully saturated rings. The first-order chi connectivity index (χ1) is 15.2. The number of rotatable bonds is 9. The van der Waals surface area contributed by atoms with Crippen LogP contribution < -0.4 is 9.64 Å². The van der Waals surface area contributed by atoms with Crippen LogP contribution in [0, 0.1) is 0 Å². The fraction of sp³-hybridized carbons (Fsp3) is 0.480. The van der Waals surface area contributed by atoms with Gasteiger partial charge in [-0.15, -0.1) is 0 Å². The van der Waals surface area contributed by atoms with Crippen molar-refractivity contribution in [1.82, 2.24) is 4.90 Å². The molecule has 0 aliphatic carbocycles. The van der Waals surface area contributed by atoms with Crippen molar-refractivity contribution in [2.75, 3.05) is 29.5 Å². The quantitative estimate of drug-likeness (QED) is 0.565. The van der Waals surface area contributed by atoms with Crippen LogP contribution in [0.4, 0.5) is 5.69 Å². The molecule has 7 heteroatoms. The van der Waals surface area contributed by atoms with E-state index in [0.717, 1.165) is 24.3 Å². The normalized spacial score (nSPS) is 17.3. The van der Waals surface area contributed by atoms with Gasteiger partial charge in [-0.3, -0.25) is 4.79 Å². The maximum atomic E-state index is 13.4. The molecule has 1 heterocycles. The first-order valence-electron chi connectivity index (χ1n) is 11.3. The van der Waals surface area contributed by atoms with Crippen LogP contribution in [-0.4, -0.2) is 56.0 Å². The van der Waals surface area contributed by atoms with Crippen LogP contribution in [0.3, 0.4) is 0 Å². The van der Waals surface area contributed by atoms with Gasteiger partial charge in [0.1, 0.15) is 5.75 Å². The summed E-state index contributed by atoms with van der Waals surface area (Å²) in [6.45, 7) is 10.4. The molecule has 3 rings (SSSR count). The van der Waals surface area contributed by atoms with Crippen molar-refractivity contribution in [3.63, 3.8) is 0 Å². The lowest BCUT2D eigenvalue weighted by Gasteiger charge is -2.29. The van der Waals surface area contributed by atoms with E-state index in [2.05, 4.69) is 30.9 Å². The molecule has 174 valence electrons. The number of nitrogens with zero attached hydrogens (tertiary/aromatic N) is 2. The van der Waals surface area contributed by atoms with E-state index in [1.807, 2.05) is 26.0 Å². The Balaban J connectivity index is 1.83. The van der Waals surface area contributed by atoms with Gasteiger partial charge in [-0.25, -0.2) is 8.42 Å². The molecule has 0 radical (unpaired) electrons. The number of amides is 1. The number of sulfone groups is 1. The van der Waals surface area contributed by atoms with Gasteiger partial charge in [0.15, 0.2) is 9.84 Å². The zero-order valence-electron chi connectivity index (χ0n) is 19.5.